The maximum absolute atomic E-state index is 13.2. The Kier molecular flexibility index (Phi) is 5.35. The number of halogens is 2. The molecule has 1 aromatic carbocycles. The van der Waals surface area contributed by atoms with Crippen molar-refractivity contribution in [2.45, 2.75) is 19.9 Å². The highest BCUT2D eigenvalue weighted by atomic mass is 19.1. The fraction of sp³-hybridized carbons (Fsp3) is 0.500. The summed E-state index contributed by atoms with van der Waals surface area (Å²) < 4.78 is 26.0. The van der Waals surface area contributed by atoms with Crippen LogP contribution in [0.15, 0.2) is 18.2 Å². The van der Waals surface area contributed by atoms with E-state index < -0.39 is 5.82 Å². The zero-order valence-corrected chi connectivity index (χ0v) is 9.47. The highest BCUT2D eigenvalue weighted by Gasteiger charge is 2.03. The molecule has 1 aromatic rings. The van der Waals surface area contributed by atoms with Gasteiger partial charge in [0.15, 0.2) is 0 Å². The van der Waals surface area contributed by atoms with Crippen molar-refractivity contribution in [1.82, 2.24) is 5.32 Å². The fourth-order valence-corrected chi connectivity index (χ4v) is 1.37. The van der Waals surface area contributed by atoms with Crippen molar-refractivity contribution in [1.29, 1.82) is 0 Å². The molecule has 0 aliphatic carbocycles. The zero-order valence-electron chi connectivity index (χ0n) is 9.47. The van der Waals surface area contributed by atoms with Crippen LogP contribution in [0, 0.1) is 17.6 Å². The minimum atomic E-state index is -0.409. The average Bonchev–Trinajstić information content (AvgIpc) is 2.28. The summed E-state index contributed by atoms with van der Waals surface area (Å²) >= 11 is 0. The highest BCUT2D eigenvalue weighted by molar-refractivity contribution is 5.18. The van der Waals surface area contributed by atoms with Gasteiger partial charge in [0.05, 0.1) is 0 Å². The summed E-state index contributed by atoms with van der Waals surface area (Å²) in [4.78, 5) is 0. The van der Waals surface area contributed by atoms with Crippen molar-refractivity contribution >= 4 is 0 Å². The monoisotopic (exact) mass is 228 g/mol. The van der Waals surface area contributed by atoms with Gasteiger partial charge in [-0.05, 0) is 43.6 Å². The van der Waals surface area contributed by atoms with Crippen LogP contribution >= 0.6 is 0 Å². The number of rotatable bonds is 6. The fourth-order valence-electron chi connectivity index (χ4n) is 1.37. The minimum Gasteiger partial charge on any atom is -0.330 e. The smallest absolute Gasteiger partial charge is 0.127 e. The summed E-state index contributed by atoms with van der Waals surface area (Å²) in [5.74, 6) is -0.334. The largest absolute Gasteiger partial charge is 0.330 e. The van der Waals surface area contributed by atoms with Gasteiger partial charge in [-0.15, -0.1) is 0 Å². The van der Waals surface area contributed by atoms with Crippen molar-refractivity contribution < 1.29 is 8.78 Å². The Morgan fingerprint density at radius 2 is 2.12 bits per heavy atom. The highest BCUT2D eigenvalue weighted by Crippen LogP contribution is 2.09. The van der Waals surface area contributed by atoms with Gasteiger partial charge in [0.1, 0.15) is 11.6 Å². The van der Waals surface area contributed by atoms with Crippen molar-refractivity contribution in [2.75, 3.05) is 13.1 Å². The topological polar surface area (TPSA) is 38.0 Å². The normalized spacial score (nSPS) is 12.8. The van der Waals surface area contributed by atoms with Gasteiger partial charge in [-0.2, -0.15) is 0 Å². The van der Waals surface area contributed by atoms with E-state index in [2.05, 4.69) is 12.2 Å². The molecule has 2 nitrogen and oxygen atoms in total. The first kappa shape index (κ1) is 13.1. The van der Waals surface area contributed by atoms with Crippen molar-refractivity contribution in [2.24, 2.45) is 11.7 Å². The molecule has 0 amide bonds. The summed E-state index contributed by atoms with van der Waals surface area (Å²) in [7, 11) is 0. The molecule has 0 fully saturated rings. The second kappa shape index (κ2) is 6.55. The van der Waals surface area contributed by atoms with E-state index >= 15 is 0 Å². The van der Waals surface area contributed by atoms with Gasteiger partial charge in [-0.25, -0.2) is 8.78 Å². The first-order valence-electron chi connectivity index (χ1n) is 5.48. The molecule has 0 aliphatic heterocycles. The van der Waals surface area contributed by atoms with E-state index in [1.54, 1.807) is 0 Å². The van der Waals surface area contributed by atoms with Crippen LogP contribution < -0.4 is 11.1 Å². The lowest BCUT2D eigenvalue weighted by Crippen LogP contribution is -2.20. The van der Waals surface area contributed by atoms with Gasteiger partial charge in [0.25, 0.3) is 0 Å². The second-order valence-corrected chi connectivity index (χ2v) is 4.04. The standard InChI is InChI=1S/C12H18F2N2/c1-9(7-15)4-5-16-8-10-6-11(13)2-3-12(10)14/h2-3,6,9,16H,4-5,7-8,15H2,1H3. The molecule has 4 heteroatoms. The average molecular weight is 228 g/mol. The van der Waals surface area contributed by atoms with E-state index in [9.17, 15) is 8.78 Å². The zero-order chi connectivity index (χ0) is 12.0. The van der Waals surface area contributed by atoms with Crippen molar-refractivity contribution in [3.05, 3.63) is 35.4 Å². The first-order chi connectivity index (χ1) is 7.63. The number of hydrogen-bond donors (Lipinski definition) is 2. The summed E-state index contributed by atoms with van der Waals surface area (Å²) in [5.41, 5.74) is 5.83. The number of nitrogens with one attached hydrogen (secondary N) is 1. The molecule has 1 unspecified atom stereocenters. The third-order valence-electron chi connectivity index (χ3n) is 2.54. The lowest BCUT2D eigenvalue weighted by Gasteiger charge is -2.09. The van der Waals surface area contributed by atoms with Crippen LogP contribution in [0.3, 0.4) is 0 Å². The molecule has 3 N–H and O–H groups in total. The molecular formula is C12H18F2N2. The Labute approximate surface area is 94.8 Å². The van der Waals surface area contributed by atoms with Gasteiger partial charge in [-0.1, -0.05) is 6.92 Å². The molecule has 0 heterocycles. The van der Waals surface area contributed by atoms with E-state index in [1.165, 1.54) is 6.07 Å². The van der Waals surface area contributed by atoms with Crippen LogP contribution in [-0.2, 0) is 6.54 Å². The van der Waals surface area contributed by atoms with Gasteiger partial charge in [-0.3, -0.25) is 0 Å². The van der Waals surface area contributed by atoms with Crippen LogP contribution in [0.1, 0.15) is 18.9 Å². The first-order valence-corrected chi connectivity index (χ1v) is 5.48. The number of nitrogens with two attached hydrogens (primary N) is 1. The Morgan fingerprint density at radius 1 is 1.38 bits per heavy atom. The molecule has 0 bridgehead atoms. The van der Waals surface area contributed by atoms with E-state index in [0.29, 0.717) is 24.6 Å². The molecule has 0 spiro atoms. The Bertz CT molecular complexity index is 329. The molecular weight excluding hydrogens is 210 g/mol. The van der Waals surface area contributed by atoms with Crippen LogP contribution in [0.25, 0.3) is 0 Å². The lowest BCUT2D eigenvalue weighted by atomic mass is 10.1. The molecule has 0 radical (unpaired) electrons. The maximum Gasteiger partial charge on any atom is 0.127 e. The number of hydrogen-bond acceptors (Lipinski definition) is 2. The SMILES string of the molecule is CC(CN)CCNCc1cc(F)ccc1F. The lowest BCUT2D eigenvalue weighted by molar-refractivity contribution is 0.502. The summed E-state index contributed by atoms with van der Waals surface area (Å²) in [6.07, 6.45) is 0.938. The van der Waals surface area contributed by atoms with Crippen LogP contribution in [0.4, 0.5) is 8.78 Å². The third-order valence-corrected chi connectivity index (χ3v) is 2.54. The summed E-state index contributed by atoms with van der Waals surface area (Å²) in [6.45, 7) is 3.82. The van der Waals surface area contributed by atoms with Crippen LogP contribution in [0.2, 0.25) is 0 Å². The van der Waals surface area contributed by atoms with E-state index in [1.807, 2.05) is 0 Å². The van der Waals surface area contributed by atoms with Crippen molar-refractivity contribution in [3.8, 4) is 0 Å². The summed E-state index contributed by atoms with van der Waals surface area (Å²) in [5, 5.41) is 3.07. The molecule has 90 valence electrons. The van der Waals surface area contributed by atoms with Gasteiger partial charge in [0, 0.05) is 12.1 Å². The van der Waals surface area contributed by atoms with Gasteiger partial charge >= 0.3 is 0 Å². The Hall–Kier alpha value is -1.00. The predicted molar refractivity (Wildman–Crippen MR) is 60.9 cm³/mol. The molecule has 0 aliphatic rings. The molecule has 1 rings (SSSR count). The summed E-state index contributed by atoms with van der Waals surface area (Å²) in [6, 6.07) is 3.48. The van der Waals surface area contributed by atoms with E-state index in [0.717, 1.165) is 25.1 Å². The van der Waals surface area contributed by atoms with E-state index in [4.69, 9.17) is 5.73 Å². The van der Waals surface area contributed by atoms with Gasteiger partial charge in [0.2, 0.25) is 0 Å². The van der Waals surface area contributed by atoms with Crippen LogP contribution in [-0.4, -0.2) is 13.1 Å². The number of benzene rings is 1. The van der Waals surface area contributed by atoms with Crippen LogP contribution in [0.5, 0.6) is 0 Å². The Balaban J connectivity index is 2.34. The second-order valence-electron chi connectivity index (χ2n) is 4.04. The quantitative estimate of drug-likeness (QED) is 0.731. The minimum absolute atomic E-state index is 0.348. The molecule has 1 atom stereocenters. The Morgan fingerprint density at radius 3 is 2.81 bits per heavy atom. The molecule has 16 heavy (non-hydrogen) atoms. The third kappa shape index (κ3) is 4.24. The van der Waals surface area contributed by atoms with E-state index in [-0.39, 0.29) is 5.82 Å². The maximum atomic E-state index is 13.2. The molecule has 0 saturated carbocycles. The molecule has 0 aromatic heterocycles. The molecule has 0 saturated heterocycles. The van der Waals surface area contributed by atoms with Gasteiger partial charge < -0.3 is 11.1 Å². The van der Waals surface area contributed by atoms with Crippen molar-refractivity contribution in [3.63, 3.8) is 0 Å². The predicted octanol–water partition coefficient (Wildman–Crippen LogP) is 2.04.